The van der Waals surface area contributed by atoms with Crippen molar-refractivity contribution in [2.75, 3.05) is 5.32 Å². The summed E-state index contributed by atoms with van der Waals surface area (Å²) in [4.78, 5) is 12.5. The van der Waals surface area contributed by atoms with Crippen molar-refractivity contribution in [1.29, 1.82) is 0 Å². The van der Waals surface area contributed by atoms with E-state index in [1.165, 1.54) is 17.5 Å². The predicted octanol–water partition coefficient (Wildman–Crippen LogP) is 3.01. The molecule has 6 nitrogen and oxygen atoms in total. The minimum absolute atomic E-state index is 0.418. The summed E-state index contributed by atoms with van der Waals surface area (Å²) in [5, 5.41) is 7.10. The molecular weight excluding hydrogens is 278 g/mol. The van der Waals surface area contributed by atoms with E-state index in [1.54, 1.807) is 13.1 Å². The average Bonchev–Trinajstić information content (AvgIpc) is 3.00. The summed E-state index contributed by atoms with van der Waals surface area (Å²) >= 11 is 0. The minimum Gasteiger partial charge on any atom is -0.365 e. The summed E-state index contributed by atoms with van der Waals surface area (Å²) < 4.78 is 5.19. The molecule has 112 valence electrons. The molecule has 0 aliphatic heterocycles. The van der Waals surface area contributed by atoms with E-state index in [4.69, 9.17) is 4.52 Å². The number of nitrogens with one attached hydrogen (secondary N) is 1. The molecule has 1 N–H and O–H groups in total. The highest BCUT2D eigenvalue weighted by Crippen LogP contribution is 2.23. The molecule has 0 fully saturated rings. The van der Waals surface area contributed by atoms with Crippen LogP contribution in [-0.2, 0) is 13.0 Å². The van der Waals surface area contributed by atoms with Crippen LogP contribution in [0.2, 0.25) is 0 Å². The Morgan fingerprint density at radius 3 is 2.59 bits per heavy atom. The van der Waals surface area contributed by atoms with Crippen molar-refractivity contribution in [3.05, 3.63) is 53.7 Å². The van der Waals surface area contributed by atoms with Gasteiger partial charge in [0.25, 0.3) is 5.89 Å². The second-order valence-corrected chi connectivity index (χ2v) is 4.96. The zero-order chi connectivity index (χ0) is 15.4. The monoisotopic (exact) mass is 295 g/mol. The number of benzene rings is 1. The highest BCUT2D eigenvalue weighted by Gasteiger charge is 2.12. The van der Waals surface area contributed by atoms with Crippen molar-refractivity contribution in [1.82, 2.24) is 20.1 Å². The lowest BCUT2D eigenvalue weighted by Crippen LogP contribution is -2.03. The number of anilines is 1. The Balaban J connectivity index is 1.77. The molecule has 2 heterocycles. The summed E-state index contributed by atoms with van der Waals surface area (Å²) in [6, 6.07) is 8.51. The summed E-state index contributed by atoms with van der Waals surface area (Å²) in [5.74, 6) is 1.68. The van der Waals surface area contributed by atoms with E-state index in [-0.39, 0.29) is 0 Å². The molecule has 0 bridgehead atoms. The second-order valence-electron chi connectivity index (χ2n) is 4.96. The molecule has 22 heavy (non-hydrogen) atoms. The van der Waals surface area contributed by atoms with Crippen LogP contribution in [0.5, 0.6) is 0 Å². The Morgan fingerprint density at radius 2 is 1.91 bits per heavy atom. The maximum absolute atomic E-state index is 5.19. The number of aromatic nitrogens is 4. The third-order valence-electron chi connectivity index (χ3n) is 3.36. The Bertz CT molecular complexity index is 751. The van der Waals surface area contributed by atoms with Gasteiger partial charge in [0.05, 0.1) is 0 Å². The predicted molar refractivity (Wildman–Crippen MR) is 83.2 cm³/mol. The fourth-order valence-corrected chi connectivity index (χ4v) is 2.11. The van der Waals surface area contributed by atoms with Crippen LogP contribution in [0, 0.1) is 6.92 Å². The lowest BCUT2D eigenvalue weighted by atomic mass is 10.1. The summed E-state index contributed by atoms with van der Waals surface area (Å²) in [6.07, 6.45) is 4.21. The van der Waals surface area contributed by atoms with Gasteiger partial charge in [-0.25, -0.2) is 9.97 Å². The number of aryl methyl sites for hydroxylation is 2. The molecule has 0 aliphatic carbocycles. The van der Waals surface area contributed by atoms with Crippen LogP contribution in [-0.4, -0.2) is 20.1 Å². The van der Waals surface area contributed by atoms with E-state index in [9.17, 15) is 0 Å². The van der Waals surface area contributed by atoms with Crippen LogP contribution in [0.4, 0.5) is 5.82 Å². The molecule has 0 saturated heterocycles. The maximum Gasteiger partial charge on any atom is 0.263 e. The lowest BCUT2D eigenvalue weighted by Gasteiger charge is -2.08. The topological polar surface area (TPSA) is 76.7 Å². The van der Waals surface area contributed by atoms with Crippen molar-refractivity contribution in [2.45, 2.75) is 26.8 Å². The highest BCUT2D eigenvalue weighted by atomic mass is 16.5. The maximum atomic E-state index is 5.19. The van der Waals surface area contributed by atoms with Crippen LogP contribution in [0.1, 0.15) is 23.9 Å². The van der Waals surface area contributed by atoms with E-state index in [0.717, 1.165) is 6.42 Å². The molecule has 6 heteroatoms. The van der Waals surface area contributed by atoms with Crippen LogP contribution in [0.15, 0.2) is 41.3 Å². The third-order valence-corrected chi connectivity index (χ3v) is 3.36. The van der Waals surface area contributed by atoms with Crippen LogP contribution >= 0.6 is 0 Å². The molecule has 0 spiro atoms. The normalized spacial score (nSPS) is 10.6. The summed E-state index contributed by atoms with van der Waals surface area (Å²) in [5.41, 5.74) is 3.21. The first-order chi connectivity index (χ1) is 10.8. The Kier molecular flexibility index (Phi) is 4.09. The highest BCUT2D eigenvalue weighted by molar-refractivity contribution is 5.67. The molecule has 0 radical (unpaired) electrons. The van der Waals surface area contributed by atoms with E-state index in [0.29, 0.717) is 29.6 Å². The first kappa shape index (κ1) is 14.2. The molecule has 0 unspecified atom stereocenters. The van der Waals surface area contributed by atoms with Crippen molar-refractivity contribution in [3.8, 4) is 11.5 Å². The second kappa shape index (κ2) is 6.34. The van der Waals surface area contributed by atoms with Crippen LogP contribution < -0.4 is 5.32 Å². The number of nitrogens with zero attached hydrogens (tertiary/aromatic N) is 4. The number of hydrogen-bond acceptors (Lipinski definition) is 6. The van der Waals surface area contributed by atoms with Crippen molar-refractivity contribution >= 4 is 5.82 Å². The van der Waals surface area contributed by atoms with Gasteiger partial charge < -0.3 is 9.84 Å². The van der Waals surface area contributed by atoms with Crippen molar-refractivity contribution in [3.63, 3.8) is 0 Å². The zero-order valence-corrected chi connectivity index (χ0v) is 12.6. The first-order valence-corrected chi connectivity index (χ1v) is 7.18. The smallest absolute Gasteiger partial charge is 0.263 e. The Morgan fingerprint density at radius 1 is 1.14 bits per heavy atom. The van der Waals surface area contributed by atoms with Gasteiger partial charge in [-0.05, 0) is 24.5 Å². The molecule has 3 aromatic rings. The fraction of sp³-hybridized carbons (Fsp3) is 0.250. The van der Waals surface area contributed by atoms with Gasteiger partial charge in [-0.15, -0.1) is 0 Å². The summed E-state index contributed by atoms with van der Waals surface area (Å²) in [7, 11) is 0. The molecule has 0 aliphatic rings. The molecule has 0 amide bonds. The SMILES string of the molecule is CCc1ccc(CNc2ncncc2-c2nc(C)no2)cc1. The van der Waals surface area contributed by atoms with Gasteiger partial charge in [-0.3, -0.25) is 0 Å². The molecular formula is C16H17N5O. The van der Waals surface area contributed by atoms with E-state index >= 15 is 0 Å². The van der Waals surface area contributed by atoms with Gasteiger partial charge in [0.15, 0.2) is 5.82 Å². The third kappa shape index (κ3) is 3.11. The van der Waals surface area contributed by atoms with Crippen LogP contribution in [0.3, 0.4) is 0 Å². The molecule has 3 rings (SSSR count). The Labute approximate surface area is 128 Å². The van der Waals surface area contributed by atoms with Gasteiger partial charge in [0.2, 0.25) is 0 Å². The molecule has 1 aromatic carbocycles. The van der Waals surface area contributed by atoms with Crippen molar-refractivity contribution < 1.29 is 4.52 Å². The number of hydrogen-bond donors (Lipinski definition) is 1. The minimum atomic E-state index is 0.418. The standard InChI is InChI=1S/C16H17N5O/c1-3-12-4-6-13(7-5-12)8-18-15-14(9-17-10-19-15)16-20-11(2)21-22-16/h4-7,9-10H,3,8H2,1-2H3,(H,17,18,19). The largest absolute Gasteiger partial charge is 0.365 e. The van der Waals surface area contributed by atoms with Crippen molar-refractivity contribution in [2.24, 2.45) is 0 Å². The average molecular weight is 295 g/mol. The fourth-order valence-electron chi connectivity index (χ4n) is 2.11. The number of rotatable bonds is 5. The van der Waals surface area contributed by atoms with E-state index in [2.05, 4.69) is 56.6 Å². The van der Waals surface area contributed by atoms with Gasteiger partial charge >= 0.3 is 0 Å². The lowest BCUT2D eigenvalue weighted by molar-refractivity contribution is 0.425. The van der Waals surface area contributed by atoms with Gasteiger partial charge in [-0.1, -0.05) is 36.3 Å². The van der Waals surface area contributed by atoms with E-state index < -0.39 is 0 Å². The molecule has 0 atom stereocenters. The molecule has 0 saturated carbocycles. The first-order valence-electron chi connectivity index (χ1n) is 7.18. The zero-order valence-electron chi connectivity index (χ0n) is 12.6. The quantitative estimate of drug-likeness (QED) is 0.779. The van der Waals surface area contributed by atoms with Gasteiger partial charge in [0, 0.05) is 12.7 Å². The van der Waals surface area contributed by atoms with Gasteiger partial charge in [-0.2, -0.15) is 4.98 Å². The molecule has 2 aromatic heterocycles. The Hall–Kier alpha value is -2.76. The summed E-state index contributed by atoms with van der Waals surface area (Å²) in [6.45, 7) is 4.59. The van der Waals surface area contributed by atoms with Gasteiger partial charge in [0.1, 0.15) is 17.7 Å². The van der Waals surface area contributed by atoms with Crippen LogP contribution in [0.25, 0.3) is 11.5 Å². The van der Waals surface area contributed by atoms with E-state index in [1.807, 2.05) is 0 Å².